The van der Waals surface area contributed by atoms with E-state index in [-0.39, 0.29) is 25.8 Å². The van der Waals surface area contributed by atoms with Crippen LogP contribution in [-0.4, -0.2) is 57.3 Å². The van der Waals surface area contributed by atoms with E-state index in [1.165, 1.54) is 77.0 Å². The zero-order valence-corrected chi connectivity index (χ0v) is 29.0. The normalized spacial score (nSPS) is 15.2. The van der Waals surface area contributed by atoms with E-state index in [2.05, 4.69) is 19.1 Å². The third kappa shape index (κ3) is 17.0. The van der Waals surface area contributed by atoms with Crippen molar-refractivity contribution in [1.29, 1.82) is 0 Å². The molecule has 3 unspecified atom stereocenters. The average molecular weight is 624 g/mol. The van der Waals surface area contributed by atoms with Crippen LogP contribution >= 0.6 is 0 Å². The number of hydrogen-bond acceptors (Lipinski definition) is 4. The second-order valence-corrected chi connectivity index (χ2v) is 13.0. The summed E-state index contributed by atoms with van der Waals surface area (Å²) in [7, 11) is 0. The number of nitrogens with zero attached hydrogens (tertiary/aromatic N) is 1. The van der Waals surface area contributed by atoms with Crippen molar-refractivity contribution in [2.24, 2.45) is 0 Å². The third-order valence-electron chi connectivity index (χ3n) is 9.33. The highest BCUT2D eigenvalue weighted by atomic mass is 16.4. The smallest absolute Gasteiger partial charge is 0.362 e. The molecule has 0 aromatic heterocycles. The number of rotatable bonds is 32. The first-order valence-corrected chi connectivity index (χ1v) is 18.4. The monoisotopic (exact) mass is 624 g/mol. The lowest BCUT2D eigenvalue weighted by Crippen LogP contribution is -2.74. The van der Waals surface area contributed by atoms with Crippen LogP contribution in [0, 0.1) is 0 Å². The van der Waals surface area contributed by atoms with Gasteiger partial charge in [-0.15, -0.1) is 0 Å². The maximum atomic E-state index is 12.6. The van der Waals surface area contributed by atoms with Crippen LogP contribution in [0.2, 0.25) is 0 Å². The topological polar surface area (TPSA) is 115 Å². The third-order valence-corrected chi connectivity index (χ3v) is 9.33. The fraction of sp³-hybridized carbons (Fsp3) is 0.865. The van der Waals surface area contributed by atoms with E-state index in [0.29, 0.717) is 25.7 Å². The fourth-order valence-corrected chi connectivity index (χ4v) is 6.97. The zero-order valence-electron chi connectivity index (χ0n) is 29.0. The second kappa shape index (κ2) is 27.4. The SMILES string of the molecule is CCCCCCCCCCCCCC/C=C/CCCCCC[N+](C(CCC)C(=O)[O-])(C(CCC)C(=O)O)C(CCC)C(=O)O. The molecule has 0 saturated heterocycles. The van der Waals surface area contributed by atoms with Gasteiger partial charge in [0.15, 0.2) is 12.1 Å². The summed E-state index contributed by atoms with van der Waals surface area (Å²) >= 11 is 0. The molecular weight excluding hydrogens is 554 g/mol. The molecule has 0 amide bonds. The van der Waals surface area contributed by atoms with Crippen LogP contribution in [0.5, 0.6) is 0 Å². The molecule has 0 aliphatic rings. The summed E-state index contributed by atoms with van der Waals surface area (Å²) in [5.41, 5.74) is 0. The summed E-state index contributed by atoms with van der Waals surface area (Å²) in [5.74, 6) is -3.57. The van der Waals surface area contributed by atoms with Crippen molar-refractivity contribution >= 4 is 17.9 Å². The summed E-state index contributed by atoms with van der Waals surface area (Å²) < 4.78 is -0.443. The van der Waals surface area contributed by atoms with Crippen molar-refractivity contribution in [2.45, 2.75) is 200 Å². The highest BCUT2D eigenvalue weighted by Crippen LogP contribution is 2.34. The maximum Gasteiger partial charge on any atom is 0.362 e. The molecule has 2 N–H and O–H groups in total. The van der Waals surface area contributed by atoms with E-state index in [0.717, 1.165) is 32.1 Å². The molecule has 258 valence electrons. The zero-order chi connectivity index (χ0) is 33.1. The molecule has 0 aliphatic heterocycles. The minimum atomic E-state index is -1.34. The second-order valence-electron chi connectivity index (χ2n) is 13.0. The van der Waals surface area contributed by atoms with Gasteiger partial charge in [0.05, 0.1) is 12.5 Å². The van der Waals surface area contributed by atoms with Crippen LogP contribution in [0.15, 0.2) is 12.2 Å². The molecular formula is C37H69NO6. The Balaban J connectivity index is 4.79. The molecule has 0 fully saturated rings. The van der Waals surface area contributed by atoms with E-state index in [1.54, 1.807) is 0 Å². The first-order chi connectivity index (χ1) is 21.2. The van der Waals surface area contributed by atoms with Crippen molar-refractivity contribution in [3.8, 4) is 0 Å². The molecule has 0 aliphatic carbocycles. The van der Waals surface area contributed by atoms with Crippen LogP contribution in [0.25, 0.3) is 0 Å². The Morgan fingerprint density at radius 3 is 1.20 bits per heavy atom. The van der Waals surface area contributed by atoms with Crippen LogP contribution in [0.3, 0.4) is 0 Å². The molecule has 0 radical (unpaired) electrons. The predicted octanol–water partition coefficient (Wildman–Crippen LogP) is 8.83. The quantitative estimate of drug-likeness (QED) is 0.0439. The summed E-state index contributed by atoms with van der Waals surface area (Å²) in [5, 5.41) is 33.0. The van der Waals surface area contributed by atoms with Crippen LogP contribution in [0.4, 0.5) is 0 Å². The summed E-state index contributed by atoms with van der Waals surface area (Å²) in [4.78, 5) is 37.6. The number of carbonyl (C=O) groups excluding carboxylic acids is 1. The van der Waals surface area contributed by atoms with E-state index in [9.17, 15) is 29.7 Å². The Bertz CT molecular complexity index is 707. The standard InChI is InChI=1S/C37H69NO6/c1-5-9-10-11-12-13-14-15-16-17-18-19-20-21-22-23-24-25-26-27-31-38(32(28-6-2)35(39)40,33(29-7-3)36(41)42)34(30-8-4)37(43)44/h21-22,32-34H,5-20,23-31H2,1-4H3,(H2-,39,40,41,42,43,44)/b22-21+. The number of allylic oxidation sites excluding steroid dienone is 2. The Morgan fingerprint density at radius 1 is 0.523 bits per heavy atom. The summed E-state index contributed by atoms with van der Waals surface area (Å²) in [6.45, 7) is 8.06. The van der Waals surface area contributed by atoms with Gasteiger partial charge in [-0.2, -0.15) is 0 Å². The van der Waals surface area contributed by atoms with Gasteiger partial charge >= 0.3 is 11.9 Å². The fourth-order valence-electron chi connectivity index (χ4n) is 6.97. The minimum absolute atomic E-state index is 0.202. The minimum Gasteiger partial charge on any atom is -0.544 e. The van der Waals surface area contributed by atoms with Gasteiger partial charge in [0.1, 0.15) is 6.04 Å². The Labute approximate surface area is 270 Å². The van der Waals surface area contributed by atoms with E-state index < -0.39 is 40.5 Å². The van der Waals surface area contributed by atoms with Crippen LogP contribution < -0.4 is 5.11 Å². The highest BCUT2D eigenvalue weighted by Gasteiger charge is 2.54. The van der Waals surface area contributed by atoms with Crippen molar-refractivity contribution in [1.82, 2.24) is 0 Å². The largest absolute Gasteiger partial charge is 0.544 e. The lowest BCUT2D eigenvalue weighted by Gasteiger charge is -2.52. The van der Waals surface area contributed by atoms with Crippen molar-refractivity contribution in [2.75, 3.05) is 6.54 Å². The average Bonchev–Trinajstić information content (AvgIpc) is 2.98. The van der Waals surface area contributed by atoms with E-state index in [4.69, 9.17) is 0 Å². The molecule has 0 bridgehead atoms. The van der Waals surface area contributed by atoms with E-state index in [1.807, 2.05) is 20.8 Å². The van der Waals surface area contributed by atoms with Gasteiger partial charge in [-0.3, -0.25) is 4.48 Å². The van der Waals surface area contributed by atoms with Gasteiger partial charge < -0.3 is 20.1 Å². The van der Waals surface area contributed by atoms with Crippen LogP contribution in [-0.2, 0) is 14.4 Å². The van der Waals surface area contributed by atoms with Crippen molar-refractivity contribution in [3.63, 3.8) is 0 Å². The summed E-state index contributed by atoms with van der Waals surface area (Å²) in [6, 6.07) is -3.35. The lowest BCUT2D eigenvalue weighted by atomic mass is 9.91. The van der Waals surface area contributed by atoms with Crippen LogP contribution in [0.1, 0.15) is 182 Å². The molecule has 0 aromatic carbocycles. The maximum absolute atomic E-state index is 12.6. The molecule has 0 saturated carbocycles. The Kier molecular flexibility index (Phi) is 26.2. The van der Waals surface area contributed by atoms with Gasteiger partial charge in [-0.05, 0) is 51.4 Å². The number of quaternary nitrogens is 1. The Hall–Kier alpha value is -1.89. The highest BCUT2D eigenvalue weighted by molar-refractivity contribution is 5.77. The first kappa shape index (κ1) is 42.1. The number of carboxylic acids is 3. The number of aliphatic carboxylic acids is 3. The first-order valence-electron chi connectivity index (χ1n) is 18.4. The van der Waals surface area contributed by atoms with Gasteiger partial charge in [0, 0.05) is 19.3 Å². The molecule has 0 spiro atoms. The number of hydrogen-bond donors (Lipinski definition) is 2. The molecule has 3 atom stereocenters. The number of carbonyl (C=O) groups is 3. The van der Waals surface area contributed by atoms with Gasteiger partial charge in [0.2, 0.25) is 0 Å². The number of carboxylic acid groups (broad SMARTS) is 3. The Morgan fingerprint density at radius 2 is 0.864 bits per heavy atom. The van der Waals surface area contributed by atoms with Gasteiger partial charge in [-0.1, -0.05) is 123 Å². The molecule has 0 heterocycles. The molecule has 0 rings (SSSR count). The molecule has 44 heavy (non-hydrogen) atoms. The van der Waals surface area contributed by atoms with Crippen molar-refractivity contribution in [3.05, 3.63) is 12.2 Å². The predicted molar refractivity (Wildman–Crippen MR) is 179 cm³/mol. The van der Waals surface area contributed by atoms with Gasteiger partial charge in [0.25, 0.3) is 0 Å². The number of unbranched alkanes of at least 4 members (excludes halogenated alkanes) is 16. The molecule has 0 aromatic rings. The molecule has 7 heteroatoms. The lowest BCUT2D eigenvalue weighted by molar-refractivity contribution is -0.975. The molecule has 7 nitrogen and oxygen atoms in total. The van der Waals surface area contributed by atoms with E-state index >= 15 is 0 Å². The van der Waals surface area contributed by atoms with Gasteiger partial charge in [-0.25, -0.2) is 9.59 Å². The van der Waals surface area contributed by atoms with Crippen molar-refractivity contribution < 1.29 is 34.2 Å². The summed E-state index contributed by atoms with van der Waals surface area (Å²) in [6.07, 6.45) is 28.6.